The summed E-state index contributed by atoms with van der Waals surface area (Å²) in [6.07, 6.45) is 7.53. The second-order valence-corrected chi connectivity index (χ2v) is 7.21. The maximum Gasteiger partial charge on any atom is 0.225 e. The molecule has 0 radical (unpaired) electrons. The molecule has 3 heterocycles. The van der Waals surface area contributed by atoms with Crippen molar-refractivity contribution in [3.05, 3.63) is 30.1 Å². The molecule has 3 fully saturated rings. The predicted molar refractivity (Wildman–Crippen MR) is 86.6 cm³/mol. The van der Waals surface area contributed by atoms with Gasteiger partial charge >= 0.3 is 0 Å². The first-order valence-electron chi connectivity index (χ1n) is 8.80. The van der Waals surface area contributed by atoms with Crippen molar-refractivity contribution in [3.8, 4) is 0 Å². The molecule has 23 heavy (non-hydrogen) atoms. The summed E-state index contributed by atoms with van der Waals surface area (Å²) in [5, 5.41) is 3.11. The van der Waals surface area contributed by atoms with Gasteiger partial charge in [0.1, 0.15) is 0 Å². The van der Waals surface area contributed by atoms with Crippen molar-refractivity contribution in [2.75, 3.05) is 26.2 Å². The highest BCUT2D eigenvalue weighted by Gasteiger charge is 2.44. The van der Waals surface area contributed by atoms with Crippen molar-refractivity contribution in [2.24, 2.45) is 17.8 Å². The Bertz CT molecular complexity index is 546. The highest BCUT2D eigenvalue weighted by Crippen LogP contribution is 2.36. The molecule has 3 aliphatic rings. The molecule has 1 aromatic rings. The number of nitrogens with one attached hydrogen (secondary N) is 1. The van der Waals surface area contributed by atoms with E-state index in [4.69, 9.17) is 4.74 Å². The molecule has 0 bridgehead atoms. The van der Waals surface area contributed by atoms with E-state index in [2.05, 4.69) is 15.2 Å². The molecule has 1 aliphatic carbocycles. The minimum absolute atomic E-state index is 0.0617. The van der Waals surface area contributed by atoms with Crippen LogP contribution in [0.25, 0.3) is 0 Å². The molecule has 0 unspecified atom stereocenters. The summed E-state index contributed by atoms with van der Waals surface area (Å²) in [4.78, 5) is 19.3. The summed E-state index contributed by atoms with van der Waals surface area (Å²) >= 11 is 0. The highest BCUT2D eigenvalue weighted by molar-refractivity contribution is 5.79. The van der Waals surface area contributed by atoms with Crippen molar-refractivity contribution in [3.63, 3.8) is 0 Å². The number of piperidine rings is 1. The summed E-state index contributed by atoms with van der Waals surface area (Å²) in [5.74, 6) is 1.48. The average molecular weight is 315 g/mol. The van der Waals surface area contributed by atoms with Gasteiger partial charge in [-0.1, -0.05) is 6.07 Å². The Balaban J connectivity index is 1.38. The smallest absolute Gasteiger partial charge is 0.225 e. The molecule has 4 rings (SSSR count). The van der Waals surface area contributed by atoms with Gasteiger partial charge in [-0.2, -0.15) is 0 Å². The van der Waals surface area contributed by atoms with Gasteiger partial charge in [-0.25, -0.2) is 0 Å². The molecular formula is C18H25N3O2. The number of pyridine rings is 1. The van der Waals surface area contributed by atoms with Crippen LogP contribution in [0.4, 0.5) is 0 Å². The Labute approximate surface area is 137 Å². The Morgan fingerprint density at radius 3 is 3.04 bits per heavy atom. The average Bonchev–Trinajstić information content (AvgIpc) is 3.26. The second-order valence-electron chi connectivity index (χ2n) is 7.21. The minimum atomic E-state index is 0.0617. The quantitative estimate of drug-likeness (QED) is 0.893. The summed E-state index contributed by atoms with van der Waals surface area (Å²) in [7, 11) is 0. The third-order valence-electron chi connectivity index (χ3n) is 5.41. The van der Waals surface area contributed by atoms with Gasteiger partial charge in [-0.15, -0.1) is 0 Å². The zero-order valence-corrected chi connectivity index (χ0v) is 13.5. The molecule has 1 saturated carbocycles. The lowest BCUT2D eigenvalue weighted by Gasteiger charge is -2.39. The van der Waals surface area contributed by atoms with Gasteiger partial charge in [-0.05, 0) is 36.8 Å². The number of rotatable bonds is 5. The van der Waals surface area contributed by atoms with Crippen LogP contribution >= 0.6 is 0 Å². The van der Waals surface area contributed by atoms with Gasteiger partial charge in [0.15, 0.2) is 0 Å². The number of ether oxygens (including phenoxy) is 1. The van der Waals surface area contributed by atoms with Crippen molar-refractivity contribution in [2.45, 2.75) is 31.9 Å². The van der Waals surface area contributed by atoms with Crippen LogP contribution in [-0.2, 0) is 16.1 Å². The summed E-state index contributed by atoms with van der Waals surface area (Å²) < 4.78 is 5.90. The highest BCUT2D eigenvalue weighted by atomic mass is 16.5. The van der Waals surface area contributed by atoms with E-state index in [0.29, 0.717) is 12.5 Å². The lowest BCUT2D eigenvalue weighted by atomic mass is 9.82. The van der Waals surface area contributed by atoms with Gasteiger partial charge in [0.05, 0.1) is 12.0 Å². The second kappa shape index (κ2) is 6.57. The summed E-state index contributed by atoms with van der Waals surface area (Å²) in [5.41, 5.74) is 1.05. The number of hydrogen-bond donors (Lipinski definition) is 1. The van der Waals surface area contributed by atoms with Crippen molar-refractivity contribution >= 4 is 5.91 Å². The van der Waals surface area contributed by atoms with Crippen LogP contribution in [-0.4, -0.2) is 48.1 Å². The third-order valence-corrected chi connectivity index (χ3v) is 5.41. The van der Waals surface area contributed by atoms with Crippen LogP contribution in [0.2, 0.25) is 0 Å². The van der Waals surface area contributed by atoms with Crippen LogP contribution in [0.3, 0.4) is 0 Å². The Morgan fingerprint density at radius 2 is 2.26 bits per heavy atom. The molecule has 5 nitrogen and oxygen atoms in total. The number of carbonyl (C=O) groups is 1. The number of amides is 1. The molecule has 2 aliphatic heterocycles. The Hall–Kier alpha value is -1.46. The fraction of sp³-hybridized carbons (Fsp3) is 0.667. The largest absolute Gasteiger partial charge is 0.377 e. The molecule has 1 aromatic heterocycles. The number of hydrogen-bond acceptors (Lipinski definition) is 4. The molecule has 1 amide bonds. The van der Waals surface area contributed by atoms with Crippen molar-refractivity contribution in [1.29, 1.82) is 0 Å². The first kappa shape index (κ1) is 15.1. The van der Waals surface area contributed by atoms with E-state index in [1.165, 1.54) is 12.8 Å². The zero-order valence-electron chi connectivity index (χ0n) is 13.5. The fourth-order valence-corrected chi connectivity index (χ4v) is 3.97. The maximum atomic E-state index is 12.7. The summed E-state index contributed by atoms with van der Waals surface area (Å²) in [6, 6.07) is 3.90. The predicted octanol–water partition coefficient (Wildman–Crippen LogP) is 1.44. The van der Waals surface area contributed by atoms with E-state index in [9.17, 15) is 4.79 Å². The van der Waals surface area contributed by atoms with Crippen LogP contribution in [0.5, 0.6) is 0 Å². The van der Waals surface area contributed by atoms with Gasteiger partial charge in [-0.3, -0.25) is 14.7 Å². The number of likely N-dealkylation sites (tertiary alicyclic amines) is 1. The van der Waals surface area contributed by atoms with E-state index in [-0.39, 0.29) is 17.9 Å². The van der Waals surface area contributed by atoms with Crippen LogP contribution in [0.15, 0.2) is 24.5 Å². The normalized spacial score (nSPS) is 30.9. The van der Waals surface area contributed by atoms with E-state index in [0.717, 1.165) is 44.1 Å². The topological polar surface area (TPSA) is 54.5 Å². The van der Waals surface area contributed by atoms with E-state index in [1.807, 2.05) is 18.3 Å². The first-order chi connectivity index (χ1) is 11.3. The lowest BCUT2D eigenvalue weighted by Crippen LogP contribution is -2.53. The number of fused-ring (bicyclic) bond motifs is 1. The number of nitrogens with zero attached hydrogens (tertiary/aromatic N) is 2. The van der Waals surface area contributed by atoms with E-state index < -0.39 is 0 Å². The van der Waals surface area contributed by atoms with E-state index >= 15 is 0 Å². The van der Waals surface area contributed by atoms with Gasteiger partial charge in [0.25, 0.3) is 0 Å². The molecular weight excluding hydrogens is 290 g/mol. The lowest BCUT2D eigenvalue weighted by molar-refractivity contribution is -0.131. The molecule has 124 valence electrons. The van der Waals surface area contributed by atoms with Crippen molar-refractivity contribution < 1.29 is 9.53 Å². The summed E-state index contributed by atoms with van der Waals surface area (Å²) in [6.45, 7) is 4.40. The molecule has 2 saturated heterocycles. The fourth-order valence-electron chi connectivity index (χ4n) is 3.97. The standard InChI is InChI=1S/C18H25N3O2/c22-18(20-9-14-2-1-6-19-8-14)16-11-21(10-13-3-4-13)12-17-15(16)5-7-23-17/h1-2,6,8,13,15-17H,3-5,7,9-12H2,(H,20,22)/t15-,16+,17+/m0/s1. The van der Waals surface area contributed by atoms with Gasteiger partial charge < -0.3 is 10.1 Å². The van der Waals surface area contributed by atoms with Crippen LogP contribution in [0, 0.1) is 17.8 Å². The monoisotopic (exact) mass is 315 g/mol. The molecule has 3 atom stereocenters. The SMILES string of the molecule is O=C(NCc1cccnc1)[C@@H]1CN(CC2CC2)C[C@H]2OCC[C@H]21. The van der Waals surface area contributed by atoms with E-state index in [1.54, 1.807) is 6.20 Å². The number of carbonyl (C=O) groups excluding carboxylic acids is 1. The molecule has 0 aromatic carbocycles. The third kappa shape index (κ3) is 3.56. The molecule has 5 heteroatoms. The van der Waals surface area contributed by atoms with Gasteiger partial charge in [0.2, 0.25) is 5.91 Å². The maximum absolute atomic E-state index is 12.7. The van der Waals surface area contributed by atoms with Crippen LogP contribution in [0.1, 0.15) is 24.8 Å². The minimum Gasteiger partial charge on any atom is -0.377 e. The molecule has 0 spiro atoms. The van der Waals surface area contributed by atoms with Crippen molar-refractivity contribution in [1.82, 2.24) is 15.2 Å². The Kier molecular flexibility index (Phi) is 4.31. The van der Waals surface area contributed by atoms with Gasteiger partial charge in [0, 0.05) is 51.1 Å². The zero-order chi connectivity index (χ0) is 15.6. The Morgan fingerprint density at radius 1 is 1.35 bits per heavy atom. The number of aromatic nitrogens is 1. The first-order valence-corrected chi connectivity index (χ1v) is 8.80. The van der Waals surface area contributed by atoms with Crippen LogP contribution < -0.4 is 5.32 Å². The molecule has 1 N–H and O–H groups in total.